The van der Waals surface area contributed by atoms with Gasteiger partial charge in [-0.15, -0.1) is 0 Å². The lowest BCUT2D eigenvalue weighted by atomic mass is 10.1. The lowest BCUT2D eigenvalue weighted by Crippen LogP contribution is -2.27. The highest BCUT2D eigenvalue weighted by Gasteiger charge is 2.14. The fraction of sp³-hybridized carbons (Fsp3) is 0.125. The summed E-state index contributed by atoms with van der Waals surface area (Å²) in [6, 6.07) is 22.5. The molecular formula is C24H21N3O2. The summed E-state index contributed by atoms with van der Waals surface area (Å²) in [6.07, 6.45) is 4.98. The van der Waals surface area contributed by atoms with E-state index in [1.165, 1.54) is 0 Å². The van der Waals surface area contributed by atoms with Gasteiger partial charge in [-0.25, -0.2) is 0 Å². The van der Waals surface area contributed by atoms with E-state index in [4.69, 9.17) is 4.74 Å². The van der Waals surface area contributed by atoms with Gasteiger partial charge in [-0.2, -0.15) is 5.26 Å². The van der Waals surface area contributed by atoms with Crippen LogP contribution in [0.25, 0.3) is 6.08 Å². The SMILES string of the molecule is CC(NC(=O)/C(C#N)=C/c1ccccc1OCc1cccnc1)c1ccccc1. The first-order valence-corrected chi connectivity index (χ1v) is 9.25. The molecule has 29 heavy (non-hydrogen) atoms. The number of hydrogen-bond donors (Lipinski definition) is 1. The lowest BCUT2D eigenvalue weighted by molar-refractivity contribution is -0.117. The van der Waals surface area contributed by atoms with Crippen LogP contribution in [-0.2, 0) is 11.4 Å². The molecule has 3 rings (SSSR count). The number of amides is 1. The van der Waals surface area contributed by atoms with Crippen LogP contribution >= 0.6 is 0 Å². The Labute approximate surface area is 170 Å². The van der Waals surface area contributed by atoms with Gasteiger partial charge in [-0.1, -0.05) is 54.6 Å². The molecule has 3 aromatic rings. The number of rotatable bonds is 7. The van der Waals surface area contributed by atoms with Crippen LogP contribution in [0.1, 0.15) is 29.7 Å². The number of pyridine rings is 1. The Kier molecular flexibility index (Phi) is 6.75. The van der Waals surface area contributed by atoms with Gasteiger partial charge in [0, 0.05) is 23.5 Å². The number of nitriles is 1. The molecule has 5 heteroatoms. The van der Waals surface area contributed by atoms with Crippen LogP contribution in [0.4, 0.5) is 0 Å². The van der Waals surface area contributed by atoms with Crippen molar-refractivity contribution in [3.8, 4) is 11.8 Å². The Morgan fingerprint density at radius 3 is 2.62 bits per heavy atom. The maximum absolute atomic E-state index is 12.6. The molecule has 0 spiro atoms. The average Bonchev–Trinajstić information content (AvgIpc) is 2.77. The molecule has 1 unspecified atom stereocenters. The maximum atomic E-state index is 12.6. The Balaban J connectivity index is 1.75. The van der Waals surface area contributed by atoms with Crippen LogP contribution < -0.4 is 10.1 Å². The normalized spacial score (nSPS) is 11.9. The monoisotopic (exact) mass is 383 g/mol. The van der Waals surface area contributed by atoms with Crippen molar-refractivity contribution in [2.45, 2.75) is 19.6 Å². The van der Waals surface area contributed by atoms with Gasteiger partial charge in [0.25, 0.3) is 5.91 Å². The van der Waals surface area contributed by atoms with Gasteiger partial charge in [0.15, 0.2) is 0 Å². The van der Waals surface area contributed by atoms with Crippen molar-refractivity contribution in [1.82, 2.24) is 10.3 Å². The molecule has 1 aromatic heterocycles. The maximum Gasteiger partial charge on any atom is 0.262 e. The standard InChI is InChI=1S/C24H21N3O2/c1-18(20-9-3-2-4-10-20)27-24(28)22(15-25)14-21-11-5-6-12-23(21)29-17-19-8-7-13-26-16-19/h2-14,16,18H,17H2,1H3,(H,27,28)/b22-14+. The van der Waals surface area contributed by atoms with E-state index >= 15 is 0 Å². The van der Waals surface area contributed by atoms with E-state index < -0.39 is 5.91 Å². The van der Waals surface area contributed by atoms with Gasteiger partial charge >= 0.3 is 0 Å². The molecule has 0 aliphatic carbocycles. The zero-order chi connectivity index (χ0) is 20.5. The summed E-state index contributed by atoms with van der Waals surface area (Å²) >= 11 is 0. The smallest absolute Gasteiger partial charge is 0.262 e. The molecule has 1 heterocycles. The van der Waals surface area contributed by atoms with E-state index in [1.54, 1.807) is 18.5 Å². The summed E-state index contributed by atoms with van der Waals surface area (Å²) in [5.41, 5.74) is 2.58. The second-order valence-electron chi connectivity index (χ2n) is 6.46. The number of carbonyl (C=O) groups excluding carboxylic acids is 1. The molecule has 1 N–H and O–H groups in total. The van der Waals surface area contributed by atoms with Gasteiger partial charge < -0.3 is 10.1 Å². The Hall–Kier alpha value is -3.91. The van der Waals surface area contributed by atoms with Crippen LogP contribution in [0.5, 0.6) is 5.75 Å². The van der Waals surface area contributed by atoms with Crippen LogP contribution in [-0.4, -0.2) is 10.9 Å². The number of hydrogen-bond acceptors (Lipinski definition) is 4. The van der Waals surface area contributed by atoms with E-state index in [9.17, 15) is 10.1 Å². The average molecular weight is 383 g/mol. The van der Waals surface area contributed by atoms with Crippen LogP contribution in [0.2, 0.25) is 0 Å². The highest BCUT2D eigenvalue weighted by molar-refractivity contribution is 6.02. The second kappa shape index (κ2) is 9.86. The molecule has 0 radical (unpaired) electrons. The fourth-order valence-corrected chi connectivity index (χ4v) is 2.78. The third-order valence-corrected chi connectivity index (χ3v) is 4.35. The number of ether oxygens (including phenoxy) is 1. The number of nitrogens with one attached hydrogen (secondary N) is 1. The third-order valence-electron chi connectivity index (χ3n) is 4.35. The lowest BCUT2D eigenvalue weighted by Gasteiger charge is -2.14. The highest BCUT2D eigenvalue weighted by atomic mass is 16.5. The number of para-hydroxylation sites is 1. The minimum Gasteiger partial charge on any atom is -0.488 e. The Bertz CT molecular complexity index is 1020. The topological polar surface area (TPSA) is 75.0 Å². The third kappa shape index (κ3) is 5.53. The first-order chi connectivity index (χ1) is 14.2. The summed E-state index contributed by atoms with van der Waals surface area (Å²) in [5, 5.41) is 12.4. The summed E-state index contributed by atoms with van der Waals surface area (Å²) in [6.45, 7) is 2.23. The molecule has 0 aliphatic heterocycles. The van der Waals surface area contributed by atoms with Crippen molar-refractivity contribution < 1.29 is 9.53 Å². The number of carbonyl (C=O) groups is 1. The number of benzene rings is 2. The molecule has 5 nitrogen and oxygen atoms in total. The quantitative estimate of drug-likeness (QED) is 0.483. The minimum absolute atomic E-state index is 0.0187. The van der Waals surface area contributed by atoms with Crippen molar-refractivity contribution in [3.63, 3.8) is 0 Å². The van der Waals surface area contributed by atoms with Gasteiger partial charge in [0.1, 0.15) is 24.0 Å². The van der Waals surface area contributed by atoms with Gasteiger partial charge in [0.2, 0.25) is 0 Å². The van der Waals surface area contributed by atoms with Crippen LogP contribution in [0.15, 0.2) is 84.7 Å². The highest BCUT2D eigenvalue weighted by Crippen LogP contribution is 2.22. The molecule has 0 saturated carbocycles. The molecule has 0 fully saturated rings. The molecule has 0 bridgehead atoms. The zero-order valence-corrected chi connectivity index (χ0v) is 16.1. The first kappa shape index (κ1) is 19.8. The predicted octanol–water partition coefficient (Wildman–Crippen LogP) is 4.44. The van der Waals surface area contributed by atoms with Crippen molar-refractivity contribution in [2.75, 3.05) is 0 Å². The Morgan fingerprint density at radius 1 is 1.14 bits per heavy atom. The van der Waals surface area contributed by atoms with Crippen molar-refractivity contribution in [3.05, 3.63) is 101 Å². The van der Waals surface area contributed by atoms with E-state index in [0.29, 0.717) is 17.9 Å². The van der Waals surface area contributed by atoms with Crippen molar-refractivity contribution in [2.24, 2.45) is 0 Å². The summed E-state index contributed by atoms with van der Waals surface area (Å²) < 4.78 is 5.87. The second-order valence-corrected chi connectivity index (χ2v) is 6.46. The van der Waals surface area contributed by atoms with Gasteiger partial charge in [0.05, 0.1) is 6.04 Å². The molecule has 144 valence electrons. The largest absolute Gasteiger partial charge is 0.488 e. The van der Waals surface area contributed by atoms with E-state index in [0.717, 1.165) is 11.1 Å². The molecule has 2 aromatic carbocycles. The number of nitrogens with zero attached hydrogens (tertiary/aromatic N) is 2. The Morgan fingerprint density at radius 2 is 1.90 bits per heavy atom. The molecular weight excluding hydrogens is 362 g/mol. The van der Waals surface area contributed by atoms with E-state index in [1.807, 2.05) is 79.7 Å². The number of aromatic nitrogens is 1. The molecule has 1 amide bonds. The predicted molar refractivity (Wildman–Crippen MR) is 112 cm³/mol. The minimum atomic E-state index is -0.425. The van der Waals surface area contributed by atoms with Crippen LogP contribution in [0, 0.1) is 11.3 Å². The summed E-state index contributed by atoms with van der Waals surface area (Å²) in [4.78, 5) is 16.7. The van der Waals surface area contributed by atoms with E-state index in [-0.39, 0.29) is 11.6 Å². The summed E-state index contributed by atoms with van der Waals surface area (Å²) in [7, 11) is 0. The van der Waals surface area contributed by atoms with Crippen LogP contribution in [0.3, 0.4) is 0 Å². The molecule has 0 aliphatic rings. The fourth-order valence-electron chi connectivity index (χ4n) is 2.78. The molecule has 1 atom stereocenters. The molecule has 0 saturated heterocycles. The van der Waals surface area contributed by atoms with E-state index in [2.05, 4.69) is 10.3 Å². The van der Waals surface area contributed by atoms with Gasteiger partial charge in [-0.3, -0.25) is 9.78 Å². The van der Waals surface area contributed by atoms with Crippen molar-refractivity contribution in [1.29, 1.82) is 5.26 Å². The zero-order valence-electron chi connectivity index (χ0n) is 16.1. The summed E-state index contributed by atoms with van der Waals surface area (Å²) in [5.74, 6) is 0.166. The van der Waals surface area contributed by atoms with Gasteiger partial charge in [-0.05, 0) is 30.7 Å². The van der Waals surface area contributed by atoms with Crippen molar-refractivity contribution >= 4 is 12.0 Å². The first-order valence-electron chi connectivity index (χ1n) is 9.25.